The van der Waals surface area contributed by atoms with E-state index in [1.54, 1.807) is 4.90 Å². The maximum absolute atomic E-state index is 12.4. The van der Waals surface area contributed by atoms with Gasteiger partial charge in [0.05, 0.1) is 5.01 Å². The van der Waals surface area contributed by atoms with Crippen LogP contribution in [0.2, 0.25) is 0 Å². The molecule has 0 saturated heterocycles. The van der Waals surface area contributed by atoms with Gasteiger partial charge in [-0.3, -0.25) is 4.79 Å². The molecular weight excluding hydrogens is 246 g/mol. The number of hydrogen-bond donors (Lipinski definition) is 1. The summed E-state index contributed by atoms with van der Waals surface area (Å²) in [7, 11) is 0. The molecule has 0 bridgehead atoms. The van der Waals surface area contributed by atoms with Crippen LogP contribution in [0.15, 0.2) is 23.6 Å². The summed E-state index contributed by atoms with van der Waals surface area (Å²) in [6.07, 6.45) is 0.816. The Morgan fingerprint density at radius 3 is 3.06 bits per heavy atom. The van der Waals surface area contributed by atoms with E-state index >= 15 is 0 Å². The van der Waals surface area contributed by atoms with Gasteiger partial charge in [0.1, 0.15) is 5.69 Å². The van der Waals surface area contributed by atoms with E-state index < -0.39 is 0 Å². The average molecular weight is 259 g/mol. The van der Waals surface area contributed by atoms with Gasteiger partial charge in [0.25, 0.3) is 5.91 Å². The largest absolute Gasteiger partial charge is 0.398 e. The second kappa shape index (κ2) is 4.10. The molecule has 0 atom stereocenters. The Morgan fingerprint density at radius 2 is 2.33 bits per heavy atom. The smallest absolute Gasteiger partial charge is 0.277 e. The first-order valence-corrected chi connectivity index (χ1v) is 6.66. The normalized spacial score (nSPS) is 13.7. The zero-order chi connectivity index (χ0) is 12.7. The van der Waals surface area contributed by atoms with E-state index in [4.69, 9.17) is 5.73 Å². The van der Waals surface area contributed by atoms with E-state index in [0.29, 0.717) is 12.2 Å². The summed E-state index contributed by atoms with van der Waals surface area (Å²) in [4.78, 5) is 18.4. The van der Waals surface area contributed by atoms with Crippen molar-refractivity contribution in [2.45, 2.75) is 13.3 Å². The molecule has 1 aromatic heterocycles. The van der Waals surface area contributed by atoms with Crippen molar-refractivity contribution in [1.29, 1.82) is 0 Å². The number of fused-ring (bicyclic) bond motifs is 1. The summed E-state index contributed by atoms with van der Waals surface area (Å²) in [6, 6.07) is 5.70. The molecule has 1 aromatic carbocycles. The fourth-order valence-electron chi connectivity index (χ4n) is 2.27. The molecule has 0 spiro atoms. The fraction of sp³-hybridized carbons (Fsp3) is 0.231. The zero-order valence-corrected chi connectivity index (χ0v) is 10.8. The van der Waals surface area contributed by atoms with Gasteiger partial charge in [-0.25, -0.2) is 4.98 Å². The van der Waals surface area contributed by atoms with Gasteiger partial charge in [-0.05, 0) is 25.5 Å². The number of rotatable bonds is 1. The van der Waals surface area contributed by atoms with Crippen LogP contribution in [0.1, 0.15) is 21.1 Å². The lowest BCUT2D eigenvalue weighted by Crippen LogP contribution is -2.29. The number of hydrogen-bond acceptors (Lipinski definition) is 4. The van der Waals surface area contributed by atoms with Crippen molar-refractivity contribution in [2.24, 2.45) is 0 Å². The molecule has 18 heavy (non-hydrogen) atoms. The van der Waals surface area contributed by atoms with Crippen LogP contribution in [-0.4, -0.2) is 17.4 Å². The molecule has 1 aliphatic rings. The average Bonchev–Trinajstić information content (AvgIpc) is 2.95. The Labute approximate surface area is 109 Å². The molecule has 5 heteroatoms. The van der Waals surface area contributed by atoms with Crippen LogP contribution in [-0.2, 0) is 6.42 Å². The topological polar surface area (TPSA) is 59.2 Å². The summed E-state index contributed by atoms with van der Waals surface area (Å²) in [6.45, 7) is 2.58. The molecular formula is C13H13N3OS. The summed E-state index contributed by atoms with van der Waals surface area (Å²) in [5, 5.41) is 2.72. The molecule has 2 heterocycles. The standard InChI is InChI=1S/C13H13N3OS/c1-8-15-11(7-18-8)13(17)16-6-5-9-10(14)3-2-4-12(9)16/h2-4,7H,5-6,14H2,1H3. The number of nitrogens with zero attached hydrogens (tertiary/aromatic N) is 2. The van der Waals surface area contributed by atoms with Crippen molar-refractivity contribution in [2.75, 3.05) is 17.2 Å². The minimum atomic E-state index is -0.0382. The van der Waals surface area contributed by atoms with Crippen LogP contribution in [0.3, 0.4) is 0 Å². The van der Waals surface area contributed by atoms with Crippen LogP contribution in [0.4, 0.5) is 11.4 Å². The molecule has 1 amide bonds. The Morgan fingerprint density at radius 1 is 1.50 bits per heavy atom. The number of amides is 1. The van der Waals surface area contributed by atoms with Gasteiger partial charge in [-0.2, -0.15) is 0 Å². The fourth-order valence-corrected chi connectivity index (χ4v) is 2.86. The number of thiazole rings is 1. The van der Waals surface area contributed by atoms with Crippen LogP contribution in [0, 0.1) is 6.92 Å². The first-order valence-electron chi connectivity index (χ1n) is 5.78. The minimum Gasteiger partial charge on any atom is -0.398 e. The molecule has 92 valence electrons. The maximum atomic E-state index is 12.4. The molecule has 0 aliphatic carbocycles. The molecule has 2 aromatic rings. The number of nitrogens with two attached hydrogens (primary N) is 1. The number of aryl methyl sites for hydroxylation is 1. The number of benzene rings is 1. The molecule has 2 N–H and O–H groups in total. The van der Waals surface area contributed by atoms with E-state index in [-0.39, 0.29) is 5.91 Å². The maximum Gasteiger partial charge on any atom is 0.277 e. The van der Waals surface area contributed by atoms with Gasteiger partial charge in [-0.1, -0.05) is 6.07 Å². The molecule has 0 radical (unpaired) electrons. The van der Waals surface area contributed by atoms with E-state index in [1.807, 2.05) is 30.5 Å². The first kappa shape index (κ1) is 11.2. The van der Waals surface area contributed by atoms with Gasteiger partial charge in [0.2, 0.25) is 0 Å². The lowest BCUT2D eigenvalue weighted by molar-refractivity contribution is 0.0985. The number of nitrogen functional groups attached to an aromatic ring is 1. The summed E-state index contributed by atoms with van der Waals surface area (Å²) < 4.78 is 0. The second-order valence-corrected chi connectivity index (χ2v) is 5.37. The first-order chi connectivity index (χ1) is 8.66. The minimum absolute atomic E-state index is 0.0382. The van der Waals surface area contributed by atoms with Crippen LogP contribution >= 0.6 is 11.3 Å². The van der Waals surface area contributed by atoms with E-state index in [1.165, 1.54) is 11.3 Å². The van der Waals surface area contributed by atoms with Crippen molar-refractivity contribution in [3.05, 3.63) is 39.8 Å². The quantitative estimate of drug-likeness (QED) is 0.799. The third kappa shape index (κ3) is 1.67. The highest BCUT2D eigenvalue weighted by molar-refractivity contribution is 7.09. The van der Waals surface area contributed by atoms with E-state index in [9.17, 15) is 4.79 Å². The van der Waals surface area contributed by atoms with Gasteiger partial charge in [0, 0.05) is 28.9 Å². The Bertz CT molecular complexity index is 620. The molecule has 3 rings (SSSR count). The second-order valence-electron chi connectivity index (χ2n) is 4.30. The van der Waals surface area contributed by atoms with Crippen molar-refractivity contribution < 1.29 is 4.79 Å². The Kier molecular flexibility index (Phi) is 2.56. The van der Waals surface area contributed by atoms with Gasteiger partial charge in [-0.15, -0.1) is 11.3 Å². The van der Waals surface area contributed by atoms with Crippen molar-refractivity contribution >= 4 is 28.6 Å². The number of carbonyl (C=O) groups excluding carboxylic acids is 1. The molecule has 4 nitrogen and oxygen atoms in total. The summed E-state index contributed by atoms with van der Waals surface area (Å²) in [5.74, 6) is -0.0382. The molecule has 1 aliphatic heterocycles. The van der Waals surface area contributed by atoms with Gasteiger partial charge >= 0.3 is 0 Å². The predicted octanol–water partition coefficient (Wildman–Crippen LogP) is 2.24. The molecule has 0 saturated carbocycles. The van der Waals surface area contributed by atoms with Crippen molar-refractivity contribution in [1.82, 2.24) is 4.98 Å². The SMILES string of the molecule is Cc1nc(C(=O)N2CCc3c(N)cccc32)cs1. The highest BCUT2D eigenvalue weighted by Crippen LogP contribution is 2.33. The molecule has 0 fully saturated rings. The van der Waals surface area contributed by atoms with Crippen molar-refractivity contribution in [3.63, 3.8) is 0 Å². The summed E-state index contributed by atoms with van der Waals surface area (Å²) in [5.41, 5.74) is 9.20. The third-order valence-corrected chi connectivity index (χ3v) is 3.92. The van der Waals surface area contributed by atoms with Crippen LogP contribution < -0.4 is 10.6 Å². The third-order valence-electron chi connectivity index (χ3n) is 3.15. The van der Waals surface area contributed by atoms with Gasteiger partial charge in [0.15, 0.2) is 0 Å². The molecule has 0 unspecified atom stereocenters. The van der Waals surface area contributed by atoms with E-state index in [2.05, 4.69) is 4.98 Å². The predicted molar refractivity (Wildman–Crippen MR) is 73.1 cm³/mol. The van der Waals surface area contributed by atoms with Crippen LogP contribution in [0.25, 0.3) is 0 Å². The monoisotopic (exact) mass is 259 g/mol. The van der Waals surface area contributed by atoms with Crippen LogP contribution in [0.5, 0.6) is 0 Å². The van der Waals surface area contributed by atoms with Gasteiger partial charge < -0.3 is 10.6 Å². The summed E-state index contributed by atoms with van der Waals surface area (Å²) >= 11 is 1.49. The lowest BCUT2D eigenvalue weighted by atomic mass is 10.1. The van der Waals surface area contributed by atoms with Crippen molar-refractivity contribution in [3.8, 4) is 0 Å². The Balaban J connectivity index is 1.97. The van der Waals surface area contributed by atoms with E-state index in [0.717, 1.165) is 28.4 Å². The lowest BCUT2D eigenvalue weighted by Gasteiger charge is -2.16. The highest BCUT2D eigenvalue weighted by Gasteiger charge is 2.27. The highest BCUT2D eigenvalue weighted by atomic mass is 32.1. The number of anilines is 2. The number of carbonyl (C=O) groups is 1. The Hall–Kier alpha value is -1.88. The number of aromatic nitrogens is 1. The zero-order valence-electron chi connectivity index (χ0n) is 10.0.